The van der Waals surface area contributed by atoms with Gasteiger partial charge in [-0.25, -0.2) is 0 Å². The fraction of sp³-hybridized carbons (Fsp3) is 0.120. The normalized spacial score (nSPS) is 10.8. The molecule has 4 aromatic rings. The van der Waals surface area contributed by atoms with Crippen molar-refractivity contribution in [3.63, 3.8) is 0 Å². The minimum atomic E-state index is -0.355. The van der Waals surface area contributed by atoms with Crippen molar-refractivity contribution < 1.29 is 14.3 Å². The lowest BCUT2D eigenvalue weighted by Crippen LogP contribution is -2.15. The number of anilines is 1. The summed E-state index contributed by atoms with van der Waals surface area (Å²) in [4.78, 5) is 21.7. The van der Waals surface area contributed by atoms with Crippen LogP contribution in [0.2, 0.25) is 0 Å². The predicted octanol–water partition coefficient (Wildman–Crippen LogP) is 4.32. The number of para-hydroxylation sites is 2. The Morgan fingerprint density at radius 2 is 1.76 bits per heavy atom. The summed E-state index contributed by atoms with van der Waals surface area (Å²) in [6.45, 7) is 0.401. The molecule has 0 spiro atoms. The molecule has 0 aliphatic heterocycles. The van der Waals surface area contributed by atoms with Crippen molar-refractivity contribution in [3.8, 4) is 22.9 Å². The summed E-state index contributed by atoms with van der Waals surface area (Å²) in [6.07, 6.45) is 6.45. The Labute approximate surface area is 191 Å². The molecule has 0 unspecified atom stereocenters. The molecule has 8 heteroatoms. The lowest BCUT2D eigenvalue weighted by atomic mass is 10.2. The van der Waals surface area contributed by atoms with E-state index in [1.807, 2.05) is 54.6 Å². The number of rotatable bonds is 8. The van der Waals surface area contributed by atoms with Crippen LogP contribution < -0.4 is 14.8 Å². The Kier molecular flexibility index (Phi) is 6.75. The molecule has 166 valence electrons. The van der Waals surface area contributed by atoms with Gasteiger partial charge in [0.25, 0.3) is 5.91 Å². The summed E-state index contributed by atoms with van der Waals surface area (Å²) in [5.74, 6) is 1.77. The van der Waals surface area contributed by atoms with E-state index in [2.05, 4.69) is 20.4 Å². The molecule has 0 amide bonds. The van der Waals surface area contributed by atoms with Gasteiger partial charge in [0, 0.05) is 41.7 Å². The van der Waals surface area contributed by atoms with Crippen LogP contribution in [0.15, 0.2) is 79.1 Å². The Morgan fingerprint density at radius 3 is 2.52 bits per heavy atom. The van der Waals surface area contributed by atoms with Gasteiger partial charge in [0.2, 0.25) is 5.95 Å². The van der Waals surface area contributed by atoms with Crippen molar-refractivity contribution in [1.29, 1.82) is 0 Å². The van der Waals surface area contributed by atoms with Gasteiger partial charge < -0.3 is 14.8 Å². The maximum Gasteiger partial charge on any atom is 0.274 e. The van der Waals surface area contributed by atoms with E-state index in [4.69, 9.17) is 9.47 Å². The monoisotopic (exact) mass is 441 g/mol. The first-order valence-corrected chi connectivity index (χ1v) is 10.3. The van der Waals surface area contributed by atoms with Gasteiger partial charge in [-0.2, -0.15) is 9.67 Å². The largest absolute Gasteiger partial charge is 0.496 e. The first-order chi connectivity index (χ1) is 16.2. The predicted molar refractivity (Wildman–Crippen MR) is 126 cm³/mol. The minimum absolute atomic E-state index is 0.314. The van der Waals surface area contributed by atoms with E-state index >= 15 is 0 Å². The fourth-order valence-electron chi connectivity index (χ4n) is 3.26. The quantitative estimate of drug-likeness (QED) is 0.407. The summed E-state index contributed by atoms with van der Waals surface area (Å²) >= 11 is 0. The first kappa shape index (κ1) is 21.8. The number of pyridine rings is 1. The number of benzene rings is 2. The number of ether oxygens (including phenoxy) is 2. The summed E-state index contributed by atoms with van der Waals surface area (Å²) in [6, 6.07) is 18.7. The molecule has 0 saturated carbocycles. The van der Waals surface area contributed by atoms with Crippen LogP contribution in [0.3, 0.4) is 0 Å². The van der Waals surface area contributed by atoms with Crippen molar-refractivity contribution in [3.05, 3.63) is 90.3 Å². The van der Waals surface area contributed by atoms with Gasteiger partial charge in [0.1, 0.15) is 11.5 Å². The minimum Gasteiger partial charge on any atom is -0.496 e. The zero-order valence-electron chi connectivity index (χ0n) is 18.3. The Hall–Kier alpha value is -4.46. The van der Waals surface area contributed by atoms with Crippen molar-refractivity contribution in [2.75, 3.05) is 19.5 Å². The van der Waals surface area contributed by atoms with E-state index in [9.17, 15) is 4.79 Å². The fourth-order valence-corrected chi connectivity index (χ4v) is 3.26. The van der Waals surface area contributed by atoms with Gasteiger partial charge in [-0.1, -0.05) is 36.4 Å². The molecule has 0 fully saturated rings. The molecule has 2 aromatic heterocycles. The first-order valence-electron chi connectivity index (χ1n) is 10.3. The molecule has 2 aromatic carbocycles. The molecule has 1 N–H and O–H groups in total. The molecular formula is C25H23N5O3. The highest BCUT2D eigenvalue weighted by Crippen LogP contribution is 2.22. The molecule has 0 radical (unpaired) electrons. The SMILES string of the molecule is COc1ccccc1C=CC(=O)n1nc(-c2cccnc2)nc1NCc1ccccc1OC. The number of allylic oxidation sites excluding steroid dienone is 1. The van der Waals surface area contributed by atoms with E-state index in [0.717, 1.165) is 16.9 Å². The second kappa shape index (κ2) is 10.2. The molecule has 8 nitrogen and oxygen atoms in total. The Balaban J connectivity index is 1.64. The lowest BCUT2D eigenvalue weighted by Gasteiger charge is -2.09. The standard InChI is InChI=1S/C25H23N5O3/c1-32-21-11-5-3-8-18(21)13-14-23(31)30-25(27-17-19-9-4-6-12-22(19)33-2)28-24(29-30)20-10-7-15-26-16-20/h3-16H,17H2,1-2H3,(H,27,28,29). The third kappa shape index (κ3) is 5.07. The maximum atomic E-state index is 13.1. The average molecular weight is 441 g/mol. The highest BCUT2D eigenvalue weighted by Gasteiger charge is 2.16. The van der Waals surface area contributed by atoms with Crippen LogP contribution in [-0.4, -0.2) is 39.9 Å². The molecule has 33 heavy (non-hydrogen) atoms. The molecule has 2 heterocycles. The van der Waals surface area contributed by atoms with Crippen molar-refractivity contribution in [1.82, 2.24) is 19.7 Å². The number of hydrogen-bond acceptors (Lipinski definition) is 7. The molecular weight excluding hydrogens is 418 g/mol. The van der Waals surface area contributed by atoms with E-state index in [1.54, 1.807) is 38.8 Å². The van der Waals surface area contributed by atoms with Gasteiger partial charge in [0.05, 0.1) is 14.2 Å². The molecule has 0 saturated heterocycles. The van der Waals surface area contributed by atoms with Crippen LogP contribution in [0.25, 0.3) is 17.5 Å². The third-order valence-corrected chi connectivity index (χ3v) is 4.91. The number of methoxy groups -OCH3 is 2. The van der Waals surface area contributed by atoms with E-state index < -0.39 is 0 Å². The maximum absolute atomic E-state index is 13.1. The number of carbonyl (C=O) groups excluding carboxylic acids is 1. The zero-order valence-corrected chi connectivity index (χ0v) is 18.3. The number of hydrogen-bond donors (Lipinski definition) is 1. The van der Waals surface area contributed by atoms with Crippen LogP contribution >= 0.6 is 0 Å². The smallest absolute Gasteiger partial charge is 0.274 e. The number of carbonyl (C=O) groups is 1. The van der Waals surface area contributed by atoms with E-state index in [0.29, 0.717) is 29.6 Å². The second-order valence-electron chi connectivity index (χ2n) is 6.99. The van der Waals surface area contributed by atoms with Crippen LogP contribution in [0.1, 0.15) is 15.9 Å². The average Bonchev–Trinajstić information content (AvgIpc) is 3.31. The van der Waals surface area contributed by atoms with Crippen LogP contribution in [0.4, 0.5) is 5.95 Å². The van der Waals surface area contributed by atoms with Gasteiger partial charge in [-0.3, -0.25) is 9.78 Å². The topological polar surface area (TPSA) is 91.2 Å². The third-order valence-electron chi connectivity index (χ3n) is 4.91. The van der Waals surface area contributed by atoms with Crippen molar-refractivity contribution >= 4 is 17.9 Å². The van der Waals surface area contributed by atoms with Gasteiger partial charge in [0.15, 0.2) is 5.82 Å². The summed E-state index contributed by atoms with van der Waals surface area (Å²) in [5, 5.41) is 7.64. The molecule has 4 rings (SSSR count). The summed E-state index contributed by atoms with van der Waals surface area (Å²) in [5.41, 5.74) is 2.41. The number of nitrogens with zero attached hydrogens (tertiary/aromatic N) is 4. The molecule has 0 bridgehead atoms. The van der Waals surface area contributed by atoms with E-state index in [1.165, 1.54) is 10.8 Å². The highest BCUT2D eigenvalue weighted by molar-refractivity contribution is 5.95. The lowest BCUT2D eigenvalue weighted by molar-refractivity contribution is 0.0957. The summed E-state index contributed by atoms with van der Waals surface area (Å²) < 4.78 is 12.0. The Morgan fingerprint density at radius 1 is 1.00 bits per heavy atom. The molecule has 0 aliphatic rings. The number of nitrogens with one attached hydrogen (secondary N) is 1. The summed E-state index contributed by atoms with van der Waals surface area (Å²) in [7, 11) is 3.21. The van der Waals surface area contributed by atoms with Crippen molar-refractivity contribution in [2.24, 2.45) is 0 Å². The zero-order chi connectivity index (χ0) is 23.0. The van der Waals surface area contributed by atoms with Gasteiger partial charge >= 0.3 is 0 Å². The highest BCUT2D eigenvalue weighted by atomic mass is 16.5. The van der Waals surface area contributed by atoms with Crippen LogP contribution in [0.5, 0.6) is 11.5 Å². The van der Waals surface area contributed by atoms with Gasteiger partial charge in [-0.15, -0.1) is 5.10 Å². The molecule has 0 atom stereocenters. The van der Waals surface area contributed by atoms with E-state index in [-0.39, 0.29) is 5.91 Å². The van der Waals surface area contributed by atoms with Crippen LogP contribution in [0, 0.1) is 0 Å². The molecule has 0 aliphatic carbocycles. The Bertz CT molecular complexity index is 1270. The van der Waals surface area contributed by atoms with Gasteiger partial charge in [-0.05, 0) is 30.3 Å². The second-order valence-corrected chi connectivity index (χ2v) is 6.99. The van der Waals surface area contributed by atoms with Crippen LogP contribution in [-0.2, 0) is 6.54 Å². The van der Waals surface area contributed by atoms with Crippen molar-refractivity contribution in [2.45, 2.75) is 6.54 Å². The number of aromatic nitrogens is 4.